The maximum Gasteiger partial charge on any atom is 0.263 e. The molecule has 0 saturated heterocycles. The fourth-order valence-electron chi connectivity index (χ4n) is 2.26. The zero-order valence-corrected chi connectivity index (χ0v) is 16.6. The number of benzene rings is 1. The molecule has 7 heteroatoms. The maximum atomic E-state index is 12.3. The van der Waals surface area contributed by atoms with E-state index in [1.807, 2.05) is 31.2 Å². The van der Waals surface area contributed by atoms with E-state index in [1.165, 1.54) is 11.3 Å². The molecule has 0 spiro atoms. The van der Waals surface area contributed by atoms with Gasteiger partial charge in [0, 0.05) is 12.2 Å². The molecule has 134 valence electrons. The minimum absolute atomic E-state index is 0. The number of amides is 1. The molecule has 1 aromatic heterocycles. The highest BCUT2D eigenvalue weighted by Gasteiger charge is 2.17. The first-order valence-electron chi connectivity index (χ1n) is 7.54. The lowest BCUT2D eigenvalue weighted by atomic mass is 10.1. The van der Waals surface area contributed by atoms with Crippen molar-refractivity contribution in [3.05, 3.63) is 45.4 Å². The molecule has 1 heterocycles. The van der Waals surface area contributed by atoms with E-state index in [0.717, 1.165) is 39.7 Å². The van der Waals surface area contributed by atoms with E-state index in [4.69, 9.17) is 5.73 Å². The highest BCUT2D eigenvalue weighted by Crippen LogP contribution is 2.20. The molecule has 4 nitrogen and oxygen atoms in total. The van der Waals surface area contributed by atoms with Crippen molar-refractivity contribution in [1.82, 2.24) is 10.3 Å². The number of halogens is 2. The van der Waals surface area contributed by atoms with Crippen molar-refractivity contribution in [2.75, 3.05) is 12.3 Å². The van der Waals surface area contributed by atoms with Crippen LogP contribution < -0.4 is 11.1 Å². The van der Waals surface area contributed by atoms with Gasteiger partial charge in [-0.2, -0.15) is 0 Å². The third-order valence-electron chi connectivity index (χ3n) is 3.29. The molecule has 2 rings (SSSR count). The molecule has 2 aromatic rings. The number of nitrogens with two attached hydrogens (primary N) is 1. The minimum atomic E-state index is -0.0169. The fraction of sp³-hybridized carbons (Fsp3) is 0.412. The predicted molar refractivity (Wildman–Crippen MR) is 107 cm³/mol. The van der Waals surface area contributed by atoms with Crippen LogP contribution in [-0.4, -0.2) is 17.4 Å². The van der Waals surface area contributed by atoms with Gasteiger partial charge in [-0.1, -0.05) is 26.0 Å². The van der Waals surface area contributed by atoms with E-state index >= 15 is 0 Å². The summed E-state index contributed by atoms with van der Waals surface area (Å²) in [6, 6.07) is 7.74. The van der Waals surface area contributed by atoms with E-state index in [-0.39, 0.29) is 30.7 Å². The summed E-state index contributed by atoms with van der Waals surface area (Å²) < 4.78 is 0. The van der Waals surface area contributed by atoms with Gasteiger partial charge in [0.1, 0.15) is 4.88 Å². The van der Waals surface area contributed by atoms with Crippen molar-refractivity contribution in [2.24, 2.45) is 5.92 Å². The Bertz CT molecular complexity index is 642. The Kier molecular flexibility index (Phi) is 9.97. The van der Waals surface area contributed by atoms with Crippen molar-refractivity contribution in [3.8, 4) is 0 Å². The smallest absolute Gasteiger partial charge is 0.263 e. The van der Waals surface area contributed by atoms with Crippen molar-refractivity contribution in [1.29, 1.82) is 0 Å². The van der Waals surface area contributed by atoms with E-state index < -0.39 is 0 Å². The van der Waals surface area contributed by atoms with Gasteiger partial charge in [0.15, 0.2) is 0 Å². The normalized spacial score (nSPS) is 10.0. The van der Waals surface area contributed by atoms with E-state index in [9.17, 15) is 4.79 Å². The summed E-state index contributed by atoms with van der Waals surface area (Å²) in [6.45, 7) is 6.83. The first-order chi connectivity index (χ1) is 10.5. The summed E-state index contributed by atoms with van der Waals surface area (Å²) in [5.74, 6) is 0.472. The molecule has 0 bridgehead atoms. The van der Waals surface area contributed by atoms with Gasteiger partial charge in [-0.3, -0.25) is 4.79 Å². The molecular formula is C17H25Cl2N3OS. The third kappa shape index (κ3) is 6.67. The fourth-order valence-corrected chi connectivity index (χ4v) is 3.12. The van der Waals surface area contributed by atoms with Gasteiger partial charge in [0.25, 0.3) is 5.91 Å². The highest BCUT2D eigenvalue weighted by molar-refractivity contribution is 7.13. The van der Waals surface area contributed by atoms with Crippen LogP contribution in [0.25, 0.3) is 0 Å². The summed E-state index contributed by atoms with van der Waals surface area (Å²) >= 11 is 1.47. The minimum Gasteiger partial charge on any atom is -0.399 e. The number of nitrogens with one attached hydrogen (secondary N) is 1. The molecule has 1 aromatic carbocycles. The van der Waals surface area contributed by atoms with Crippen molar-refractivity contribution in [2.45, 2.75) is 33.6 Å². The molecule has 0 unspecified atom stereocenters. The molecule has 0 aliphatic rings. The van der Waals surface area contributed by atoms with Gasteiger partial charge in [0.05, 0.1) is 10.7 Å². The van der Waals surface area contributed by atoms with Gasteiger partial charge < -0.3 is 11.1 Å². The summed E-state index contributed by atoms with van der Waals surface area (Å²) in [5.41, 5.74) is 8.50. The molecule has 3 N–H and O–H groups in total. The van der Waals surface area contributed by atoms with Gasteiger partial charge in [-0.15, -0.1) is 36.2 Å². The lowest BCUT2D eigenvalue weighted by Gasteiger charge is -2.07. The number of rotatable bonds is 6. The summed E-state index contributed by atoms with van der Waals surface area (Å²) in [5, 5.41) is 3.93. The van der Waals surface area contributed by atoms with Crippen LogP contribution in [0.5, 0.6) is 0 Å². The van der Waals surface area contributed by atoms with Gasteiger partial charge in [-0.25, -0.2) is 4.98 Å². The lowest BCUT2D eigenvalue weighted by Crippen LogP contribution is -2.26. The largest absolute Gasteiger partial charge is 0.399 e. The standard InChI is InChI=1S/C17H23N3OS.2ClH/c1-11(2)10-15-16(22-12(3)20-15)17(21)19-9-8-13-4-6-14(18)7-5-13;;/h4-7,11H,8-10,18H2,1-3H3,(H,19,21);2*1H. The van der Waals surface area contributed by atoms with Crippen LogP contribution >= 0.6 is 36.2 Å². The number of nitrogen functional groups attached to an aromatic ring is 1. The molecular weight excluding hydrogens is 365 g/mol. The molecule has 0 saturated carbocycles. The van der Waals surface area contributed by atoms with Crippen molar-refractivity contribution in [3.63, 3.8) is 0 Å². The number of aryl methyl sites for hydroxylation is 1. The number of hydrogen-bond donors (Lipinski definition) is 2. The monoisotopic (exact) mass is 389 g/mol. The lowest BCUT2D eigenvalue weighted by molar-refractivity contribution is 0.0957. The molecule has 0 atom stereocenters. The summed E-state index contributed by atoms with van der Waals surface area (Å²) in [4.78, 5) is 17.6. The maximum absolute atomic E-state index is 12.3. The van der Waals surface area contributed by atoms with E-state index in [0.29, 0.717) is 12.5 Å². The Morgan fingerprint density at radius 3 is 2.46 bits per heavy atom. The van der Waals surface area contributed by atoms with E-state index in [1.54, 1.807) is 0 Å². The second-order valence-electron chi connectivity index (χ2n) is 5.85. The summed E-state index contributed by atoms with van der Waals surface area (Å²) in [7, 11) is 0. The molecule has 24 heavy (non-hydrogen) atoms. The quantitative estimate of drug-likeness (QED) is 0.732. The zero-order chi connectivity index (χ0) is 16.1. The number of hydrogen-bond acceptors (Lipinski definition) is 4. The second-order valence-corrected chi connectivity index (χ2v) is 7.06. The average molecular weight is 390 g/mol. The van der Waals surface area contributed by atoms with Crippen LogP contribution in [-0.2, 0) is 12.8 Å². The van der Waals surface area contributed by atoms with Crippen LogP contribution in [0.3, 0.4) is 0 Å². The van der Waals surface area contributed by atoms with Crippen molar-refractivity contribution < 1.29 is 4.79 Å². The molecule has 0 aliphatic carbocycles. The molecule has 1 amide bonds. The summed E-state index contributed by atoms with van der Waals surface area (Å²) in [6.07, 6.45) is 1.63. The Labute approximate surface area is 160 Å². The molecule has 0 radical (unpaired) electrons. The number of nitrogens with zero attached hydrogens (tertiary/aromatic N) is 1. The highest BCUT2D eigenvalue weighted by atomic mass is 35.5. The SMILES string of the molecule is Cc1nc(CC(C)C)c(C(=O)NCCc2ccc(N)cc2)s1.Cl.Cl. The van der Waals surface area contributed by atoms with Gasteiger partial charge >= 0.3 is 0 Å². The Morgan fingerprint density at radius 1 is 1.25 bits per heavy atom. The number of thiazole rings is 1. The number of aromatic nitrogens is 1. The van der Waals surface area contributed by atoms with Crippen LogP contribution in [0.2, 0.25) is 0 Å². The second kappa shape index (κ2) is 10.5. The van der Waals surface area contributed by atoms with Crippen LogP contribution in [0.1, 0.15) is 39.8 Å². The third-order valence-corrected chi connectivity index (χ3v) is 4.30. The zero-order valence-electron chi connectivity index (χ0n) is 14.2. The Hall–Kier alpha value is -1.30. The molecule has 0 aliphatic heterocycles. The number of carbonyl (C=O) groups excluding carboxylic acids is 1. The van der Waals surface area contributed by atoms with Crippen LogP contribution in [0.4, 0.5) is 5.69 Å². The van der Waals surface area contributed by atoms with Gasteiger partial charge in [-0.05, 0) is 43.4 Å². The number of anilines is 1. The number of carbonyl (C=O) groups is 1. The predicted octanol–water partition coefficient (Wildman–Crippen LogP) is 4.05. The average Bonchev–Trinajstić information content (AvgIpc) is 2.81. The first kappa shape index (κ1) is 22.7. The molecule has 0 fully saturated rings. The first-order valence-corrected chi connectivity index (χ1v) is 8.36. The van der Waals surface area contributed by atoms with E-state index in [2.05, 4.69) is 24.1 Å². The topological polar surface area (TPSA) is 68.0 Å². The Balaban J connectivity index is 0.00000264. The van der Waals surface area contributed by atoms with Crippen LogP contribution in [0, 0.1) is 12.8 Å². The van der Waals surface area contributed by atoms with Crippen molar-refractivity contribution >= 4 is 47.7 Å². The van der Waals surface area contributed by atoms with Gasteiger partial charge in [0.2, 0.25) is 0 Å². The van der Waals surface area contributed by atoms with Crippen LogP contribution in [0.15, 0.2) is 24.3 Å². The Morgan fingerprint density at radius 2 is 1.88 bits per heavy atom.